The van der Waals surface area contributed by atoms with E-state index in [9.17, 15) is 0 Å². The summed E-state index contributed by atoms with van der Waals surface area (Å²) in [5.74, 6) is 3.01. The van der Waals surface area contributed by atoms with E-state index in [1.54, 1.807) is 0 Å². The summed E-state index contributed by atoms with van der Waals surface area (Å²) in [6.07, 6.45) is 39.4. The minimum absolute atomic E-state index is 0. The average molecular weight is 671 g/mol. The van der Waals surface area contributed by atoms with Crippen molar-refractivity contribution < 1.29 is 29.9 Å². The van der Waals surface area contributed by atoms with E-state index < -0.39 is 0 Å². The number of ether oxygens (including phenoxy) is 2. The van der Waals surface area contributed by atoms with Crippen molar-refractivity contribution in [1.82, 2.24) is 0 Å². The second-order valence-corrected chi connectivity index (χ2v) is 13.7. The van der Waals surface area contributed by atoms with E-state index in [4.69, 9.17) is 9.47 Å². The van der Waals surface area contributed by atoms with Crippen LogP contribution in [0.3, 0.4) is 0 Å². The Hall–Kier alpha value is 0.922. The molecule has 0 aliphatic heterocycles. The Bertz CT molecular complexity index is 579. The molecule has 2 atom stereocenters. The van der Waals surface area contributed by atoms with E-state index in [1.165, 1.54) is 128 Å². The molecule has 0 aromatic carbocycles. The second kappa shape index (κ2) is 20.0. The Morgan fingerprint density at radius 3 is 0.897 bits per heavy atom. The Morgan fingerprint density at radius 2 is 0.718 bits per heavy atom. The van der Waals surface area contributed by atoms with Gasteiger partial charge in [-0.2, -0.15) is 0 Å². The zero-order valence-corrected chi connectivity index (χ0v) is 29.3. The summed E-state index contributed by atoms with van der Waals surface area (Å²) in [6.45, 7) is 0. The molecule has 39 heavy (non-hydrogen) atoms. The molecular weight excluding hydrogens is 609 g/mol. The third-order valence-corrected chi connectivity index (χ3v) is 11.3. The van der Waals surface area contributed by atoms with Gasteiger partial charge in [-0.25, -0.2) is 0 Å². The molecule has 0 aromatic heterocycles. The molecule has 0 N–H and O–H groups in total. The van der Waals surface area contributed by atoms with Crippen LogP contribution in [0.5, 0.6) is 0 Å². The van der Waals surface area contributed by atoms with Crippen LogP contribution in [0.1, 0.15) is 128 Å². The van der Waals surface area contributed by atoms with Crippen molar-refractivity contribution >= 4 is 18.5 Å². The van der Waals surface area contributed by atoms with Gasteiger partial charge < -0.3 is 9.47 Å². The van der Waals surface area contributed by atoms with Gasteiger partial charge in [-0.3, -0.25) is 0 Å². The summed E-state index contributed by atoms with van der Waals surface area (Å²) >= 11 is 0. The monoisotopic (exact) mass is 670 g/mol. The first-order chi connectivity index (χ1) is 18.7. The molecule has 0 bridgehead atoms. The smallest absolute Gasteiger partial charge is 0.0914 e. The van der Waals surface area contributed by atoms with Gasteiger partial charge in [-0.1, -0.05) is 101 Å². The third-order valence-electron chi connectivity index (χ3n) is 10.7. The van der Waals surface area contributed by atoms with Gasteiger partial charge in [0, 0.05) is 34.6 Å². The molecule has 0 radical (unpaired) electrons. The minimum atomic E-state index is 0. The molecule has 4 rings (SSSR count). The van der Waals surface area contributed by atoms with Gasteiger partial charge in [0.25, 0.3) is 0 Å². The zero-order chi connectivity index (χ0) is 27.1. The van der Waals surface area contributed by atoms with Crippen molar-refractivity contribution in [2.24, 2.45) is 23.7 Å². The quantitative estimate of drug-likeness (QED) is 0.131. The molecule has 0 heterocycles. The predicted molar refractivity (Wildman–Crippen MR) is 173 cm³/mol. The van der Waals surface area contributed by atoms with Gasteiger partial charge in [-0.15, -0.1) is 18.5 Å². The van der Waals surface area contributed by atoms with Crippen molar-refractivity contribution in [3.05, 3.63) is 24.3 Å². The van der Waals surface area contributed by atoms with Crippen LogP contribution < -0.4 is 0 Å². The van der Waals surface area contributed by atoms with Crippen LogP contribution in [-0.2, 0) is 29.9 Å². The fraction of sp³-hybridized carbons (Fsp3) is 0.882. The first kappa shape index (κ1) is 36.1. The fourth-order valence-electron chi connectivity index (χ4n) is 8.73. The van der Waals surface area contributed by atoms with Crippen molar-refractivity contribution in [1.29, 1.82) is 0 Å². The van der Waals surface area contributed by atoms with E-state index >= 15 is 0 Å². The van der Waals surface area contributed by atoms with Gasteiger partial charge in [0.2, 0.25) is 0 Å². The Labute approximate surface area is 261 Å². The molecule has 4 aliphatic rings. The number of allylic oxidation sites excluding steroid dienone is 2. The van der Waals surface area contributed by atoms with Crippen LogP contribution in [-0.4, -0.2) is 37.7 Å². The first-order valence-electron chi connectivity index (χ1n) is 16.5. The van der Waals surface area contributed by atoms with E-state index in [0.29, 0.717) is 0 Å². The zero-order valence-electron chi connectivity index (χ0n) is 25.5. The van der Waals surface area contributed by atoms with Gasteiger partial charge in [0.05, 0.1) is 11.2 Å². The molecule has 4 aliphatic carbocycles. The maximum atomic E-state index is 6.22. The molecule has 0 aromatic rings. The summed E-state index contributed by atoms with van der Waals surface area (Å²) in [4.78, 5) is 0. The van der Waals surface area contributed by atoms with Crippen LogP contribution >= 0.6 is 18.5 Å². The summed E-state index contributed by atoms with van der Waals surface area (Å²) < 4.78 is 12.4. The van der Waals surface area contributed by atoms with Crippen molar-refractivity contribution in [3.8, 4) is 0 Å². The van der Waals surface area contributed by atoms with Gasteiger partial charge >= 0.3 is 0 Å². The topological polar surface area (TPSA) is 18.5 Å². The maximum Gasteiger partial charge on any atom is 0.0914 e. The Morgan fingerprint density at radius 1 is 0.487 bits per heavy atom. The van der Waals surface area contributed by atoms with E-state index in [1.807, 2.05) is 14.2 Å². The molecule has 0 amide bonds. The molecule has 4 saturated carbocycles. The van der Waals surface area contributed by atoms with Crippen LogP contribution in [0, 0.1) is 23.7 Å². The number of rotatable bonds is 10. The van der Waals surface area contributed by atoms with Crippen molar-refractivity contribution in [3.63, 3.8) is 0 Å². The van der Waals surface area contributed by atoms with Crippen molar-refractivity contribution in [2.45, 2.75) is 140 Å². The number of hydrogen-bond acceptors (Lipinski definition) is 2. The normalized spacial score (nSPS) is 23.5. The molecule has 0 saturated heterocycles. The Balaban J connectivity index is 0.000000267. The molecule has 230 valence electrons. The van der Waals surface area contributed by atoms with E-state index in [0.717, 1.165) is 36.0 Å². The van der Waals surface area contributed by atoms with Crippen molar-refractivity contribution in [2.75, 3.05) is 26.5 Å². The number of methoxy groups -OCH3 is 2. The van der Waals surface area contributed by atoms with Gasteiger partial charge in [0.1, 0.15) is 0 Å². The average Bonchev–Trinajstić information content (AvgIpc) is 3.01. The molecule has 4 fully saturated rings. The minimum Gasteiger partial charge on any atom is -0.374 e. The van der Waals surface area contributed by atoms with Crippen LogP contribution in [0.15, 0.2) is 24.3 Å². The molecule has 2 nitrogen and oxygen atoms in total. The largest absolute Gasteiger partial charge is 0.374 e. The van der Waals surface area contributed by atoms with Crippen LogP contribution in [0.4, 0.5) is 0 Å². The van der Waals surface area contributed by atoms with Crippen LogP contribution in [0.2, 0.25) is 0 Å². The summed E-state index contributed by atoms with van der Waals surface area (Å²) in [5, 5.41) is 0. The summed E-state index contributed by atoms with van der Waals surface area (Å²) in [5.41, 5.74) is 0.0782. The maximum absolute atomic E-state index is 6.22. The Kier molecular flexibility index (Phi) is 18.5. The first-order valence-corrected chi connectivity index (χ1v) is 18.2. The van der Waals surface area contributed by atoms with E-state index in [-0.39, 0.29) is 31.6 Å². The standard InChI is InChI=1S/2C17H31OP.Pd/c2*1-18-17(13-8-14-19,15-9-4-2-5-10-15)16-11-6-3-7-12-16;/h2*8,13,15-16H,2-7,9-12,14,19H2,1H3;. The van der Waals surface area contributed by atoms with E-state index in [2.05, 4.69) is 42.8 Å². The molecular formula is C34H62O2P2Pd. The van der Waals surface area contributed by atoms with Gasteiger partial charge in [0.15, 0.2) is 0 Å². The SMILES string of the molecule is COC(C=CCP)(C1CCCCC1)C1CCCCC1.COC(C=CCP)(C1CCCCC1)C1CCCCC1.[Pd]. The van der Waals surface area contributed by atoms with Crippen LogP contribution in [0.25, 0.3) is 0 Å². The summed E-state index contributed by atoms with van der Waals surface area (Å²) in [6, 6.07) is 0. The molecule has 2 unspecified atom stereocenters. The number of hydrogen-bond donors (Lipinski definition) is 0. The molecule has 0 spiro atoms. The van der Waals surface area contributed by atoms with Gasteiger partial charge in [-0.05, 0) is 87.4 Å². The second-order valence-electron chi connectivity index (χ2n) is 12.7. The fourth-order valence-corrected chi connectivity index (χ4v) is 9.01. The third kappa shape index (κ3) is 9.98. The predicted octanol–water partition coefficient (Wildman–Crippen LogP) is 9.92. The molecule has 5 heteroatoms. The summed E-state index contributed by atoms with van der Waals surface area (Å²) in [7, 11) is 9.54.